The number of benzene rings is 1. The van der Waals surface area contributed by atoms with Crippen molar-refractivity contribution < 1.29 is 4.74 Å². The zero-order chi connectivity index (χ0) is 11.7. The largest absolute Gasteiger partial charge is 0.486 e. The molecule has 1 aromatic heterocycles. The van der Waals surface area contributed by atoms with Crippen LogP contribution in [-0.4, -0.2) is 17.6 Å². The van der Waals surface area contributed by atoms with Crippen LogP contribution in [0.5, 0.6) is 5.75 Å². The Labute approximate surface area is 101 Å². The molecule has 0 saturated heterocycles. The normalized spacial score (nSPS) is 19.5. The third-order valence-electron chi connectivity index (χ3n) is 3.23. The molecule has 0 bridgehead atoms. The molecule has 0 radical (unpaired) electrons. The number of nitrogens with zero attached hydrogens (tertiary/aromatic N) is 1. The van der Waals surface area contributed by atoms with Gasteiger partial charge in [-0.2, -0.15) is 0 Å². The molecule has 0 aliphatic carbocycles. The minimum absolute atomic E-state index is 0.240. The van der Waals surface area contributed by atoms with E-state index >= 15 is 0 Å². The molecule has 0 unspecified atom stereocenters. The summed E-state index contributed by atoms with van der Waals surface area (Å²) in [7, 11) is 0. The van der Waals surface area contributed by atoms with Crippen molar-refractivity contribution in [3.8, 4) is 5.75 Å². The fourth-order valence-electron chi connectivity index (χ4n) is 2.22. The first-order valence-electron chi connectivity index (χ1n) is 6.12. The fourth-order valence-corrected chi connectivity index (χ4v) is 2.22. The lowest BCUT2D eigenvalue weighted by atomic mass is 10.1. The van der Waals surface area contributed by atoms with E-state index in [1.54, 1.807) is 0 Å². The molecule has 0 fully saturated rings. The molecule has 2 aromatic rings. The second-order valence-electron chi connectivity index (χ2n) is 4.40. The quantitative estimate of drug-likeness (QED) is 0.814. The Kier molecular flexibility index (Phi) is 2.69. The van der Waals surface area contributed by atoms with Gasteiger partial charge in [0.25, 0.3) is 0 Å². The molecule has 17 heavy (non-hydrogen) atoms. The minimum atomic E-state index is 0.240. The number of rotatable bonds is 1. The predicted molar refractivity (Wildman–Crippen MR) is 68.2 cm³/mol. The summed E-state index contributed by atoms with van der Waals surface area (Å²) in [5, 5.41) is 5.69. The first-order chi connectivity index (χ1) is 8.38. The zero-order valence-corrected chi connectivity index (χ0v) is 9.94. The number of ether oxygens (including phenoxy) is 1. The van der Waals surface area contributed by atoms with Crippen molar-refractivity contribution in [3.63, 3.8) is 0 Å². The summed E-state index contributed by atoms with van der Waals surface area (Å²) < 4.78 is 6.09. The first-order valence-corrected chi connectivity index (χ1v) is 6.12. The van der Waals surface area contributed by atoms with Crippen molar-refractivity contribution in [2.45, 2.75) is 26.0 Å². The molecule has 3 heteroatoms. The van der Waals surface area contributed by atoms with Crippen LogP contribution in [0.15, 0.2) is 30.5 Å². The van der Waals surface area contributed by atoms with Gasteiger partial charge in [0.1, 0.15) is 11.9 Å². The van der Waals surface area contributed by atoms with Gasteiger partial charge < -0.3 is 10.1 Å². The smallest absolute Gasteiger partial charge is 0.150 e. The molecule has 1 aliphatic heterocycles. The van der Waals surface area contributed by atoms with Crippen molar-refractivity contribution in [2.24, 2.45) is 0 Å². The van der Waals surface area contributed by atoms with E-state index < -0.39 is 0 Å². The summed E-state index contributed by atoms with van der Waals surface area (Å²) in [6, 6.07) is 8.26. The second kappa shape index (κ2) is 4.34. The van der Waals surface area contributed by atoms with Crippen LogP contribution in [0.25, 0.3) is 10.8 Å². The highest BCUT2D eigenvalue weighted by Gasteiger charge is 2.18. The first kappa shape index (κ1) is 10.5. The Morgan fingerprint density at radius 1 is 1.41 bits per heavy atom. The van der Waals surface area contributed by atoms with Gasteiger partial charge in [-0.3, -0.25) is 4.98 Å². The number of fused-ring (bicyclic) bond motifs is 3. The average Bonchev–Trinajstić information content (AvgIpc) is 2.60. The molecule has 1 aliphatic rings. The third-order valence-corrected chi connectivity index (χ3v) is 3.23. The van der Waals surface area contributed by atoms with E-state index in [-0.39, 0.29) is 6.10 Å². The van der Waals surface area contributed by atoms with Crippen LogP contribution in [0, 0.1) is 0 Å². The molecular formula is C14H16N2O. The topological polar surface area (TPSA) is 34.2 Å². The highest BCUT2D eigenvalue weighted by molar-refractivity contribution is 5.88. The van der Waals surface area contributed by atoms with E-state index in [0.29, 0.717) is 0 Å². The monoisotopic (exact) mass is 228 g/mol. The molecule has 2 heterocycles. The Hall–Kier alpha value is -1.61. The number of hydrogen-bond acceptors (Lipinski definition) is 3. The molecule has 0 spiro atoms. The maximum atomic E-state index is 6.09. The van der Waals surface area contributed by atoms with E-state index in [4.69, 9.17) is 4.74 Å². The van der Waals surface area contributed by atoms with Gasteiger partial charge >= 0.3 is 0 Å². The van der Waals surface area contributed by atoms with Gasteiger partial charge in [0.05, 0.1) is 5.69 Å². The standard InChI is InChI=1S/C14H16N2O/c1-2-11-8-15-9-13-14(17-11)12-6-4-3-5-10(12)7-16-13/h3-7,11,15H,2,8-9H2,1H3/t11-/m1/s1. The van der Waals surface area contributed by atoms with Gasteiger partial charge in [-0.25, -0.2) is 0 Å². The molecule has 3 rings (SSSR count). The van der Waals surface area contributed by atoms with Crippen LogP contribution in [0.3, 0.4) is 0 Å². The maximum absolute atomic E-state index is 6.09. The average molecular weight is 228 g/mol. The zero-order valence-electron chi connectivity index (χ0n) is 9.94. The van der Waals surface area contributed by atoms with Crippen molar-refractivity contribution in [1.82, 2.24) is 10.3 Å². The Morgan fingerprint density at radius 3 is 3.18 bits per heavy atom. The summed E-state index contributed by atoms with van der Waals surface area (Å²) in [6.45, 7) is 3.83. The van der Waals surface area contributed by atoms with Gasteiger partial charge in [0.2, 0.25) is 0 Å². The maximum Gasteiger partial charge on any atom is 0.150 e. The van der Waals surface area contributed by atoms with Crippen molar-refractivity contribution in [2.75, 3.05) is 6.54 Å². The lowest BCUT2D eigenvalue weighted by Crippen LogP contribution is -2.27. The van der Waals surface area contributed by atoms with Crippen molar-refractivity contribution in [1.29, 1.82) is 0 Å². The Morgan fingerprint density at radius 2 is 2.29 bits per heavy atom. The van der Waals surface area contributed by atoms with Crippen molar-refractivity contribution in [3.05, 3.63) is 36.2 Å². The van der Waals surface area contributed by atoms with Gasteiger partial charge in [0.15, 0.2) is 0 Å². The number of aromatic nitrogens is 1. The van der Waals surface area contributed by atoms with E-state index in [1.807, 2.05) is 18.3 Å². The van der Waals surface area contributed by atoms with E-state index in [1.165, 1.54) is 5.39 Å². The lowest BCUT2D eigenvalue weighted by molar-refractivity contribution is 0.204. The third kappa shape index (κ3) is 1.87. The summed E-state index contributed by atoms with van der Waals surface area (Å²) in [5.74, 6) is 0.958. The highest BCUT2D eigenvalue weighted by Crippen LogP contribution is 2.30. The summed E-state index contributed by atoms with van der Waals surface area (Å²) in [4.78, 5) is 4.49. The summed E-state index contributed by atoms with van der Waals surface area (Å²) in [6.07, 6.45) is 3.17. The molecular weight excluding hydrogens is 212 g/mol. The van der Waals surface area contributed by atoms with Crippen LogP contribution in [-0.2, 0) is 6.54 Å². The highest BCUT2D eigenvalue weighted by atomic mass is 16.5. The Bertz CT molecular complexity index is 539. The van der Waals surface area contributed by atoms with Crippen LogP contribution in [0.1, 0.15) is 19.0 Å². The minimum Gasteiger partial charge on any atom is -0.486 e. The molecule has 3 nitrogen and oxygen atoms in total. The SMILES string of the molecule is CC[C@@H]1CNCc2ncc3ccccc3c2O1. The van der Waals surface area contributed by atoms with E-state index in [0.717, 1.165) is 36.3 Å². The van der Waals surface area contributed by atoms with Gasteiger partial charge in [-0.05, 0) is 6.42 Å². The molecule has 1 N–H and O–H groups in total. The molecule has 88 valence electrons. The molecule has 0 saturated carbocycles. The lowest BCUT2D eigenvalue weighted by Gasteiger charge is -2.16. The van der Waals surface area contributed by atoms with Crippen LogP contribution >= 0.6 is 0 Å². The van der Waals surface area contributed by atoms with Crippen LogP contribution in [0.2, 0.25) is 0 Å². The second-order valence-corrected chi connectivity index (χ2v) is 4.40. The predicted octanol–water partition coefficient (Wildman–Crippen LogP) is 2.50. The fraction of sp³-hybridized carbons (Fsp3) is 0.357. The van der Waals surface area contributed by atoms with Crippen LogP contribution < -0.4 is 10.1 Å². The summed E-state index contributed by atoms with van der Waals surface area (Å²) >= 11 is 0. The van der Waals surface area contributed by atoms with E-state index in [9.17, 15) is 0 Å². The molecule has 1 aromatic carbocycles. The summed E-state index contributed by atoms with van der Waals surface area (Å²) in [5.41, 5.74) is 1.01. The van der Waals surface area contributed by atoms with Gasteiger partial charge in [-0.1, -0.05) is 31.2 Å². The number of hydrogen-bond donors (Lipinski definition) is 1. The molecule has 0 amide bonds. The molecule has 1 atom stereocenters. The number of pyridine rings is 1. The van der Waals surface area contributed by atoms with Crippen molar-refractivity contribution >= 4 is 10.8 Å². The van der Waals surface area contributed by atoms with E-state index in [2.05, 4.69) is 29.4 Å². The van der Waals surface area contributed by atoms with Gasteiger partial charge in [0, 0.05) is 30.1 Å². The Balaban J connectivity index is 2.16. The number of nitrogens with one attached hydrogen (secondary N) is 1. The van der Waals surface area contributed by atoms with Gasteiger partial charge in [-0.15, -0.1) is 0 Å². The van der Waals surface area contributed by atoms with Crippen LogP contribution in [0.4, 0.5) is 0 Å².